The fourth-order valence-electron chi connectivity index (χ4n) is 2.33. The van der Waals surface area contributed by atoms with E-state index in [9.17, 15) is 0 Å². The molecule has 0 spiro atoms. The van der Waals surface area contributed by atoms with Gasteiger partial charge in [0.1, 0.15) is 5.75 Å². The van der Waals surface area contributed by atoms with E-state index in [-0.39, 0.29) is 0 Å². The molecule has 1 unspecified atom stereocenters. The van der Waals surface area contributed by atoms with Crippen molar-refractivity contribution in [3.63, 3.8) is 0 Å². The summed E-state index contributed by atoms with van der Waals surface area (Å²) >= 11 is 0. The van der Waals surface area contributed by atoms with E-state index < -0.39 is 0 Å². The van der Waals surface area contributed by atoms with E-state index in [2.05, 4.69) is 58.1 Å². The predicted octanol–water partition coefficient (Wildman–Crippen LogP) is 3.99. The van der Waals surface area contributed by atoms with Gasteiger partial charge in [-0.15, -0.1) is 0 Å². The first kappa shape index (κ1) is 16.0. The Morgan fingerprint density at radius 1 is 1.11 bits per heavy atom. The van der Waals surface area contributed by atoms with Gasteiger partial charge in [0.25, 0.3) is 0 Å². The van der Waals surface area contributed by atoms with Gasteiger partial charge in [-0.1, -0.05) is 39.8 Å². The third kappa shape index (κ3) is 4.87. The lowest BCUT2D eigenvalue weighted by Crippen LogP contribution is -2.27. The van der Waals surface area contributed by atoms with Crippen molar-refractivity contribution in [2.24, 2.45) is 11.8 Å². The SMILES string of the molecule is COc1cc(C(CNCC(C)C)C(C)C)ccc1C. The number of hydrogen-bond donors (Lipinski definition) is 1. The molecule has 0 saturated heterocycles. The van der Waals surface area contributed by atoms with Gasteiger partial charge in [0.05, 0.1) is 7.11 Å². The molecule has 108 valence electrons. The summed E-state index contributed by atoms with van der Waals surface area (Å²) in [6.07, 6.45) is 0. The number of aryl methyl sites for hydroxylation is 1. The molecule has 19 heavy (non-hydrogen) atoms. The van der Waals surface area contributed by atoms with Gasteiger partial charge in [-0.25, -0.2) is 0 Å². The highest BCUT2D eigenvalue weighted by atomic mass is 16.5. The van der Waals surface area contributed by atoms with Gasteiger partial charge in [-0.2, -0.15) is 0 Å². The molecule has 0 amide bonds. The van der Waals surface area contributed by atoms with Crippen LogP contribution in [-0.4, -0.2) is 20.2 Å². The van der Waals surface area contributed by atoms with Crippen LogP contribution in [0.2, 0.25) is 0 Å². The van der Waals surface area contributed by atoms with Crippen LogP contribution in [0.1, 0.15) is 44.7 Å². The Labute approximate surface area is 118 Å². The standard InChI is InChI=1S/C17H29NO/c1-12(2)10-18-11-16(13(3)4)15-8-7-14(5)17(9-15)19-6/h7-9,12-13,16,18H,10-11H2,1-6H3. The lowest BCUT2D eigenvalue weighted by molar-refractivity contribution is 0.406. The van der Waals surface area contributed by atoms with Crippen molar-refractivity contribution in [1.82, 2.24) is 5.32 Å². The average molecular weight is 263 g/mol. The average Bonchev–Trinajstić information content (AvgIpc) is 2.35. The van der Waals surface area contributed by atoms with Crippen LogP contribution in [-0.2, 0) is 0 Å². The minimum atomic E-state index is 0.535. The first-order valence-corrected chi connectivity index (χ1v) is 7.31. The van der Waals surface area contributed by atoms with E-state index in [1.54, 1.807) is 7.11 Å². The molecule has 0 saturated carbocycles. The van der Waals surface area contributed by atoms with Crippen LogP contribution in [0.4, 0.5) is 0 Å². The Morgan fingerprint density at radius 3 is 2.32 bits per heavy atom. The van der Waals surface area contributed by atoms with Crippen LogP contribution in [0.5, 0.6) is 5.75 Å². The maximum absolute atomic E-state index is 5.44. The van der Waals surface area contributed by atoms with E-state index >= 15 is 0 Å². The normalized spacial score (nSPS) is 13.1. The summed E-state index contributed by atoms with van der Waals surface area (Å²) in [6, 6.07) is 6.59. The third-order valence-corrected chi connectivity index (χ3v) is 3.58. The van der Waals surface area contributed by atoms with E-state index in [0.717, 1.165) is 18.8 Å². The van der Waals surface area contributed by atoms with Crippen LogP contribution in [0.15, 0.2) is 18.2 Å². The van der Waals surface area contributed by atoms with Crippen molar-refractivity contribution in [3.05, 3.63) is 29.3 Å². The number of nitrogens with one attached hydrogen (secondary N) is 1. The van der Waals surface area contributed by atoms with Crippen molar-refractivity contribution >= 4 is 0 Å². The number of ether oxygens (including phenoxy) is 1. The van der Waals surface area contributed by atoms with Gasteiger partial charge in [-0.05, 0) is 48.4 Å². The molecule has 1 N–H and O–H groups in total. The van der Waals surface area contributed by atoms with Crippen molar-refractivity contribution < 1.29 is 4.74 Å². The molecule has 0 fully saturated rings. The van der Waals surface area contributed by atoms with Crippen LogP contribution < -0.4 is 10.1 Å². The zero-order chi connectivity index (χ0) is 14.4. The zero-order valence-electron chi connectivity index (χ0n) is 13.3. The van der Waals surface area contributed by atoms with Crippen molar-refractivity contribution in [1.29, 1.82) is 0 Å². The van der Waals surface area contributed by atoms with E-state index in [0.29, 0.717) is 17.8 Å². The maximum atomic E-state index is 5.44. The molecule has 0 radical (unpaired) electrons. The molecular formula is C17H29NO. The van der Waals surface area contributed by atoms with E-state index in [4.69, 9.17) is 4.74 Å². The van der Waals surface area contributed by atoms with Crippen LogP contribution in [0.25, 0.3) is 0 Å². The fraction of sp³-hybridized carbons (Fsp3) is 0.647. The second-order valence-corrected chi connectivity index (χ2v) is 6.13. The van der Waals surface area contributed by atoms with Crippen molar-refractivity contribution in [2.45, 2.75) is 40.5 Å². The molecule has 0 heterocycles. The molecule has 2 nitrogen and oxygen atoms in total. The van der Waals surface area contributed by atoms with E-state index in [1.165, 1.54) is 11.1 Å². The van der Waals surface area contributed by atoms with Crippen molar-refractivity contribution in [2.75, 3.05) is 20.2 Å². The second kappa shape index (κ2) is 7.54. The minimum Gasteiger partial charge on any atom is -0.496 e. The Kier molecular flexibility index (Phi) is 6.36. The maximum Gasteiger partial charge on any atom is 0.122 e. The summed E-state index contributed by atoms with van der Waals surface area (Å²) in [5, 5.41) is 3.58. The van der Waals surface area contributed by atoms with Gasteiger partial charge in [0.15, 0.2) is 0 Å². The van der Waals surface area contributed by atoms with Gasteiger partial charge in [0.2, 0.25) is 0 Å². The summed E-state index contributed by atoms with van der Waals surface area (Å²) in [7, 11) is 1.74. The van der Waals surface area contributed by atoms with Gasteiger partial charge in [0, 0.05) is 6.54 Å². The molecule has 0 aromatic heterocycles. The number of rotatable bonds is 7. The molecular weight excluding hydrogens is 234 g/mol. The Balaban J connectivity index is 2.81. The first-order chi connectivity index (χ1) is 8.95. The molecule has 1 aromatic carbocycles. The highest BCUT2D eigenvalue weighted by Crippen LogP contribution is 2.28. The molecule has 2 heteroatoms. The molecule has 0 aliphatic carbocycles. The van der Waals surface area contributed by atoms with Crippen molar-refractivity contribution in [3.8, 4) is 5.75 Å². The third-order valence-electron chi connectivity index (χ3n) is 3.58. The number of benzene rings is 1. The summed E-state index contributed by atoms with van der Waals surface area (Å²) in [4.78, 5) is 0. The lowest BCUT2D eigenvalue weighted by atomic mass is 9.87. The topological polar surface area (TPSA) is 21.3 Å². The number of methoxy groups -OCH3 is 1. The smallest absolute Gasteiger partial charge is 0.122 e. The Bertz CT molecular complexity index is 385. The van der Waals surface area contributed by atoms with Gasteiger partial charge in [-0.3, -0.25) is 0 Å². The summed E-state index contributed by atoms with van der Waals surface area (Å²) in [6.45, 7) is 13.2. The van der Waals surface area contributed by atoms with Gasteiger partial charge >= 0.3 is 0 Å². The van der Waals surface area contributed by atoms with E-state index in [1.807, 2.05) is 0 Å². The number of hydrogen-bond acceptors (Lipinski definition) is 2. The Hall–Kier alpha value is -1.02. The molecule has 0 aliphatic heterocycles. The fourth-order valence-corrected chi connectivity index (χ4v) is 2.33. The monoisotopic (exact) mass is 263 g/mol. The minimum absolute atomic E-state index is 0.535. The highest BCUT2D eigenvalue weighted by molar-refractivity contribution is 5.38. The first-order valence-electron chi connectivity index (χ1n) is 7.31. The quantitative estimate of drug-likeness (QED) is 0.803. The van der Waals surface area contributed by atoms with Crippen LogP contribution >= 0.6 is 0 Å². The summed E-state index contributed by atoms with van der Waals surface area (Å²) in [5.41, 5.74) is 2.57. The Morgan fingerprint density at radius 2 is 1.79 bits per heavy atom. The largest absolute Gasteiger partial charge is 0.496 e. The predicted molar refractivity (Wildman–Crippen MR) is 83.0 cm³/mol. The molecule has 0 bridgehead atoms. The second-order valence-electron chi connectivity index (χ2n) is 6.13. The molecule has 1 atom stereocenters. The molecule has 0 aliphatic rings. The lowest BCUT2D eigenvalue weighted by Gasteiger charge is -2.23. The van der Waals surface area contributed by atoms with Crippen LogP contribution in [0.3, 0.4) is 0 Å². The van der Waals surface area contributed by atoms with Crippen LogP contribution in [0, 0.1) is 18.8 Å². The molecule has 1 rings (SSSR count). The van der Waals surface area contributed by atoms with Gasteiger partial charge < -0.3 is 10.1 Å². The molecule has 1 aromatic rings. The summed E-state index contributed by atoms with van der Waals surface area (Å²) < 4.78 is 5.44. The summed E-state index contributed by atoms with van der Waals surface area (Å²) in [5.74, 6) is 2.84. The zero-order valence-corrected chi connectivity index (χ0v) is 13.3. The highest BCUT2D eigenvalue weighted by Gasteiger charge is 2.16.